The Balaban J connectivity index is 1.86. The number of carbonyl (C=O) groups excluding carboxylic acids is 1. The monoisotopic (exact) mass is 394 g/mol. The van der Waals surface area contributed by atoms with E-state index in [-0.39, 0.29) is 5.91 Å². The zero-order valence-corrected chi connectivity index (χ0v) is 17.5. The maximum Gasteiger partial charge on any atom is 0.266 e. The standard InChI is InChI=1S/C23H26N2O2S/c1-4-6-15-25-22(26)21(16-18-9-13-20(14-10-18)27-5-2)28-23(25)24-19-11-7-17(3)8-12-19/h7-14,16H,4-6,15H2,1-3H3/b21-16+,24-23?. The molecule has 2 aromatic carbocycles. The highest BCUT2D eigenvalue weighted by molar-refractivity contribution is 8.18. The summed E-state index contributed by atoms with van der Waals surface area (Å²) < 4.78 is 5.48. The van der Waals surface area contributed by atoms with Crippen LogP contribution in [0.25, 0.3) is 6.08 Å². The van der Waals surface area contributed by atoms with Crippen molar-refractivity contribution >= 4 is 34.6 Å². The molecule has 1 aliphatic heterocycles. The first-order valence-corrected chi connectivity index (χ1v) is 10.5. The first-order valence-electron chi connectivity index (χ1n) is 9.70. The molecule has 0 atom stereocenters. The van der Waals surface area contributed by atoms with Crippen LogP contribution in [0.3, 0.4) is 0 Å². The number of hydrogen-bond acceptors (Lipinski definition) is 4. The van der Waals surface area contributed by atoms with Gasteiger partial charge in [-0.2, -0.15) is 0 Å². The molecular formula is C23H26N2O2S. The van der Waals surface area contributed by atoms with Gasteiger partial charge in [-0.3, -0.25) is 9.69 Å². The fraction of sp³-hybridized carbons (Fsp3) is 0.304. The number of thioether (sulfide) groups is 1. The normalized spacial score (nSPS) is 17.0. The van der Waals surface area contributed by atoms with E-state index in [0.717, 1.165) is 35.0 Å². The highest BCUT2D eigenvalue weighted by Gasteiger charge is 2.32. The van der Waals surface area contributed by atoms with E-state index in [2.05, 4.69) is 13.8 Å². The van der Waals surface area contributed by atoms with Crippen molar-refractivity contribution in [2.45, 2.75) is 33.6 Å². The molecule has 0 aliphatic carbocycles. The Morgan fingerprint density at radius 3 is 2.43 bits per heavy atom. The molecule has 0 radical (unpaired) electrons. The molecule has 1 saturated heterocycles. The quantitative estimate of drug-likeness (QED) is 0.558. The number of nitrogens with zero attached hydrogens (tertiary/aromatic N) is 2. The number of amidine groups is 1. The molecule has 0 spiro atoms. The average Bonchev–Trinajstić information content (AvgIpc) is 2.98. The Kier molecular flexibility index (Phi) is 6.93. The average molecular weight is 395 g/mol. The fourth-order valence-corrected chi connectivity index (χ4v) is 3.84. The predicted octanol–water partition coefficient (Wildman–Crippen LogP) is 5.80. The number of benzene rings is 2. The number of aryl methyl sites for hydroxylation is 1. The van der Waals surface area contributed by atoms with Gasteiger partial charge in [-0.1, -0.05) is 43.2 Å². The van der Waals surface area contributed by atoms with E-state index in [1.807, 2.05) is 61.5 Å². The van der Waals surface area contributed by atoms with Crippen LogP contribution in [0.1, 0.15) is 37.8 Å². The van der Waals surface area contributed by atoms with Crippen molar-refractivity contribution in [2.75, 3.05) is 13.2 Å². The first-order chi connectivity index (χ1) is 13.6. The maximum absolute atomic E-state index is 13.0. The Bertz CT molecular complexity index is 870. The molecular weight excluding hydrogens is 368 g/mol. The molecule has 1 aliphatic rings. The van der Waals surface area contributed by atoms with Gasteiger partial charge in [0.2, 0.25) is 0 Å². The minimum absolute atomic E-state index is 0.0261. The van der Waals surface area contributed by atoms with Gasteiger partial charge in [0.05, 0.1) is 17.2 Å². The summed E-state index contributed by atoms with van der Waals surface area (Å²) in [6.07, 6.45) is 3.92. The second-order valence-corrected chi connectivity index (χ2v) is 7.66. The van der Waals surface area contributed by atoms with Crippen molar-refractivity contribution in [3.05, 3.63) is 64.6 Å². The van der Waals surface area contributed by atoms with Gasteiger partial charge in [0.1, 0.15) is 5.75 Å². The first kappa shape index (κ1) is 20.2. The van der Waals surface area contributed by atoms with Gasteiger partial charge in [-0.15, -0.1) is 0 Å². The Morgan fingerprint density at radius 2 is 1.79 bits per heavy atom. The lowest BCUT2D eigenvalue weighted by Crippen LogP contribution is -2.30. The van der Waals surface area contributed by atoms with Gasteiger partial charge >= 0.3 is 0 Å². The van der Waals surface area contributed by atoms with Crippen LogP contribution in [0.15, 0.2) is 58.4 Å². The van der Waals surface area contributed by atoms with Crippen molar-refractivity contribution in [1.29, 1.82) is 0 Å². The van der Waals surface area contributed by atoms with Crippen LogP contribution in [0.4, 0.5) is 5.69 Å². The number of rotatable bonds is 7. The zero-order chi connectivity index (χ0) is 19.9. The van der Waals surface area contributed by atoms with Crippen molar-refractivity contribution in [2.24, 2.45) is 4.99 Å². The third-order valence-corrected chi connectivity index (χ3v) is 5.38. The SMILES string of the molecule is CCCCN1C(=O)/C(=C\c2ccc(OCC)cc2)SC1=Nc1ccc(C)cc1. The van der Waals surface area contributed by atoms with Crippen LogP contribution in [-0.2, 0) is 4.79 Å². The molecule has 2 aromatic rings. The van der Waals surface area contributed by atoms with Gasteiger partial charge in [-0.25, -0.2) is 4.99 Å². The smallest absolute Gasteiger partial charge is 0.266 e. The van der Waals surface area contributed by atoms with E-state index in [0.29, 0.717) is 18.1 Å². The molecule has 3 rings (SSSR count). The lowest BCUT2D eigenvalue weighted by atomic mass is 10.2. The summed E-state index contributed by atoms with van der Waals surface area (Å²) in [5.74, 6) is 0.861. The van der Waals surface area contributed by atoms with Crippen LogP contribution in [0.2, 0.25) is 0 Å². The Hall–Kier alpha value is -2.53. The van der Waals surface area contributed by atoms with E-state index < -0.39 is 0 Å². The molecule has 1 amide bonds. The summed E-state index contributed by atoms with van der Waals surface area (Å²) in [4.78, 5) is 20.2. The van der Waals surface area contributed by atoms with E-state index in [1.54, 1.807) is 4.90 Å². The zero-order valence-electron chi connectivity index (χ0n) is 16.6. The van der Waals surface area contributed by atoms with E-state index in [1.165, 1.54) is 17.3 Å². The minimum Gasteiger partial charge on any atom is -0.494 e. The maximum atomic E-state index is 13.0. The van der Waals surface area contributed by atoms with Crippen LogP contribution < -0.4 is 4.74 Å². The lowest BCUT2D eigenvalue weighted by molar-refractivity contribution is -0.122. The van der Waals surface area contributed by atoms with E-state index in [9.17, 15) is 4.79 Å². The second-order valence-electron chi connectivity index (χ2n) is 6.65. The number of unbranched alkanes of at least 4 members (excludes halogenated alkanes) is 1. The van der Waals surface area contributed by atoms with Crippen molar-refractivity contribution in [3.63, 3.8) is 0 Å². The largest absolute Gasteiger partial charge is 0.494 e. The number of aliphatic imine (C=N–C) groups is 1. The highest BCUT2D eigenvalue weighted by atomic mass is 32.2. The number of amides is 1. The van der Waals surface area contributed by atoms with Crippen LogP contribution in [-0.4, -0.2) is 29.1 Å². The number of hydrogen-bond donors (Lipinski definition) is 0. The number of carbonyl (C=O) groups is 1. The van der Waals surface area contributed by atoms with Gasteiger partial charge < -0.3 is 4.74 Å². The lowest BCUT2D eigenvalue weighted by Gasteiger charge is -2.14. The van der Waals surface area contributed by atoms with Gasteiger partial charge in [0, 0.05) is 6.54 Å². The summed E-state index contributed by atoms with van der Waals surface area (Å²) in [7, 11) is 0. The third kappa shape index (κ3) is 5.04. The van der Waals surface area contributed by atoms with E-state index in [4.69, 9.17) is 9.73 Å². The molecule has 0 saturated carbocycles. The summed E-state index contributed by atoms with van der Waals surface area (Å²) in [6, 6.07) is 15.8. The summed E-state index contributed by atoms with van der Waals surface area (Å²) in [5, 5.41) is 0.750. The van der Waals surface area contributed by atoms with Crippen LogP contribution in [0.5, 0.6) is 5.75 Å². The molecule has 0 unspecified atom stereocenters. The molecule has 5 heteroatoms. The van der Waals surface area contributed by atoms with Crippen molar-refractivity contribution in [3.8, 4) is 5.75 Å². The van der Waals surface area contributed by atoms with Crippen LogP contribution in [0, 0.1) is 6.92 Å². The molecule has 0 N–H and O–H groups in total. The van der Waals surface area contributed by atoms with Gasteiger partial charge in [0.15, 0.2) is 5.17 Å². The summed E-state index contributed by atoms with van der Waals surface area (Å²) >= 11 is 1.44. The molecule has 4 nitrogen and oxygen atoms in total. The number of ether oxygens (including phenoxy) is 1. The third-order valence-electron chi connectivity index (χ3n) is 4.37. The molecule has 146 valence electrons. The molecule has 0 aromatic heterocycles. The van der Waals surface area contributed by atoms with E-state index >= 15 is 0 Å². The molecule has 1 fully saturated rings. The van der Waals surface area contributed by atoms with Crippen molar-refractivity contribution < 1.29 is 9.53 Å². The molecule has 1 heterocycles. The minimum atomic E-state index is 0.0261. The highest BCUT2D eigenvalue weighted by Crippen LogP contribution is 2.34. The summed E-state index contributed by atoms with van der Waals surface area (Å²) in [5.41, 5.74) is 3.04. The topological polar surface area (TPSA) is 41.9 Å². The fourth-order valence-electron chi connectivity index (χ4n) is 2.81. The molecule has 28 heavy (non-hydrogen) atoms. The van der Waals surface area contributed by atoms with Gasteiger partial charge in [0.25, 0.3) is 5.91 Å². The Labute approximate surface area is 171 Å². The predicted molar refractivity (Wildman–Crippen MR) is 118 cm³/mol. The summed E-state index contributed by atoms with van der Waals surface area (Å²) in [6.45, 7) is 7.47. The Morgan fingerprint density at radius 1 is 1.07 bits per heavy atom. The van der Waals surface area contributed by atoms with Crippen LogP contribution >= 0.6 is 11.8 Å². The van der Waals surface area contributed by atoms with Gasteiger partial charge in [-0.05, 0) is 67.9 Å². The van der Waals surface area contributed by atoms with Crippen molar-refractivity contribution in [1.82, 2.24) is 4.90 Å². The second kappa shape index (κ2) is 9.60. The molecule has 0 bridgehead atoms.